The number of aryl methyl sites for hydroxylation is 4. The molecule has 0 bridgehead atoms. The topological polar surface area (TPSA) is 289 Å². The first-order valence-electron chi connectivity index (χ1n) is 35.2. The first-order valence-corrected chi connectivity index (χ1v) is 35.2. The van der Waals surface area contributed by atoms with Crippen LogP contribution >= 0.6 is 0 Å². The Morgan fingerprint density at radius 1 is 0.327 bits per heavy atom. The van der Waals surface area contributed by atoms with Crippen LogP contribution < -0.4 is 0 Å². The molecule has 4 rings (SSSR count). The minimum atomic E-state index is -0.936. The fraction of sp³-hybridized carbons (Fsp3) is 0.659. The molecule has 10 N–H and O–H groups in total. The number of phenolic OH excluding ortho intramolecular Hbond substituents is 4. The smallest absolute Gasteiger partial charge is 0.303 e. The number of aromatic hydroxyl groups is 4. The van der Waals surface area contributed by atoms with Crippen molar-refractivity contribution in [3.63, 3.8) is 0 Å². The Bertz CT molecular complexity index is 2680. The second kappa shape index (κ2) is 36.9. The standard InChI is InChI=1S/4C17H26O3.C14H30O4/c4*1-16(2,3)12-9-11(7-8-14(18)19)10-13(15(12)20)17(4,5)6;1-6-13(7-2,17-9-4)14(8-3,18-10-5)12(16)11-15/h4*9-10,20H,7-8H2,1-6H3,(H,18,19);12,15-16H,6-11H2,1-5H3/t;;;;12-,14-/m....1/s1. The van der Waals surface area contributed by atoms with E-state index in [4.69, 9.17) is 29.9 Å². The molecule has 0 aliphatic rings. The molecular formula is C82H134O16. The molecule has 0 aliphatic carbocycles. The fourth-order valence-electron chi connectivity index (χ4n) is 12.0. The second-order valence-corrected chi connectivity index (χ2v) is 34.2. The Morgan fingerprint density at radius 3 is 0.612 bits per heavy atom. The zero-order valence-electron chi connectivity index (χ0n) is 66.0. The summed E-state index contributed by atoms with van der Waals surface area (Å²) in [6, 6.07) is 15.5. The minimum Gasteiger partial charge on any atom is -0.507 e. The van der Waals surface area contributed by atoms with Crippen LogP contribution in [0.4, 0.5) is 0 Å². The lowest BCUT2D eigenvalue weighted by atomic mass is 9.73. The molecule has 16 nitrogen and oxygen atoms in total. The lowest BCUT2D eigenvalue weighted by molar-refractivity contribution is -0.255. The van der Waals surface area contributed by atoms with Gasteiger partial charge in [0.15, 0.2) is 0 Å². The number of phenols is 4. The van der Waals surface area contributed by atoms with E-state index < -0.39 is 41.2 Å². The molecule has 0 aromatic heterocycles. The number of aliphatic hydroxyl groups is 2. The van der Waals surface area contributed by atoms with Crippen LogP contribution in [0.3, 0.4) is 0 Å². The number of ether oxygens (including phenoxy) is 2. The zero-order chi connectivity index (χ0) is 77.1. The van der Waals surface area contributed by atoms with E-state index in [2.05, 4.69) is 166 Å². The third-order valence-electron chi connectivity index (χ3n) is 17.6. The third-order valence-corrected chi connectivity index (χ3v) is 17.6. The van der Waals surface area contributed by atoms with E-state index in [0.717, 1.165) is 79.6 Å². The fourth-order valence-corrected chi connectivity index (χ4v) is 12.0. The summed E-state index contributed by atoms with van der Waals surface area (Å²) in [6.07, 6.45) is 3.53. The van der Waals surface area contributed by atoms with E-state index in [1.165, 1.54) is 0 Å². The summed E-state index contributed by atoms with van der Waals surface area (Å²) in [4.78, 5) is 43.0. The van der Waals surface area contributed by atoms with Gasteiger partial charge in [-0.3, -0.25) is 19.2 Å². The van der Waals surface area contributed by atoms with Gasteiger partial charge in [-0.1, -0.05) is 235 Å². The summed E-state index contributed by atoms with van der Waals surface area (Å²) < 4.78 is 11.9. The average Bonchev–Trinajstić information content (AvgIpc) is 0.773. The van der Waals surface area contributed by atoms with Crippen molar-refractivity contribution in [2.75, 3.05) is 19.8 Å². The van der Waals surface area contributed by atoms with Crippen LogP contribution in [-0.4, -0.2) is 112 Å². The first kappa shape index (κ1) is 91.8. The number of aliphatic carboxylic acids is 4. The SMILES string of the molecule is CC(C)(C)c1cc(CCC(=O)O)cc(C(C)(C)C)c1O.CC(C)(C)c1cc(CCC(=O)O)cc(C(C)(C)C)c1O.CC(C)(C)c1cc(CCC(=O)O)cc(C(C)(C)C)c1O.CC(C)(C)c1cc(CCC(=O)O)cc(C(C)(C)C)c1O.CCOC(CC)(CC)[C@](CC)(OCC)[C@H](O)CO. The van der Waals surface area contributed by atoms with Gasteiger partial charge < -0.3 is 60.5 Å². The maximum absolute atomic E-state index is 10.8. The van der Waals surface area contributed by atoms with Crippen molar-refractivity contribution >= 4 is 23.9 Å². The number of benzene rings is 4. The van der Waals surface area contributed by atoms with Gasteiger partial charge in [0.2, 0.25) is 0 Å². The van der Waals surface area contributed by atoms with Crippen LogP contribution in [0.25, 0.3) is 0 Å². The number of rotatable bonds is 22. The molecule has 4 aromatic rings. The van der Waals surface area contributed by atoms with Crippen molar-refractivity contribution in [2.45, 2.75) is 332 Å². The quantitative estimate of drug-likeness (QED) is 0.0350. The highest BCUT2D eigenvalue weighted by Crippen LogP contribution is 2.45. The van der Waals surface area contributed by atoms with Crippen molar-refractivity contribution < 1.29 is 79.7 Å². The molecule has 0 radical (unpaired) electrons. The van der Waals surface area contributed by atoms with Crippen molar-refractivity contribution in [1.29, 1.82) is 0 Å². The monoisotopic (exact) mass is 1370 g/mol. The van der Waals surface area contributed by atoms with Gasteiger partial charge in [-0.15, -0.1) is 0 Å². The number of carboxylic acid groups (broad SMARTS) is 4. The molecule has 0 fully saturated rings. The van der Waals surface area contributed by atoms with E-state index >= 15 is 0 Å². The van der Waals surface area contributed by atoms with E-state index in [1.54, 1.807) is 0 Å². The third kappa shape index (κ3) is 27.7. The largest absolute Gasteiger partial charge is 0.507 e. The van der Waals surface area contributed by atoms with Gasteiger partial charge in [-0.25, -0.2) is 0 Å². The average molecular weight is 1380 g/mol. The van der Waals surface area contributed by atoms with Gasteiger partial charge in [0.1, 0.15) is 34.7 Å². The molecule has 0 saturated carbocycles. The molecule has 0 saturated heterocycles. The Labute approximate surface area is 591 Å². The van der Waals surface area contributed by atoms with Gasteiger partial charge in [0, 0.05) is 38.9 Å². The highest BCUT2D eigenvalue weighted by atomic mass is 16.6. The molecule has 0 aliphatic heterocycles. The van der Waals surface area contributed by atoms with Crippen LogP contribution in [-0.2, 0) is 97.7 Å². The van der Waals surface area contributed by atoms with Crippen molar-refractivity contribution in [1.82, 2.24) is 0 Å². The van der Waals surface area contributed by atoms with Crippen LogP contribution in [0.5, 0.6) is 23.0 Å². The number of carboxylic acids is 4. The van der Waals surface area contributed by atoms with Crippen LogP contribution in [0, 0.1) is 0 Å². The first-order chi connectivity index (χ1) is 44.2. The lowest BCUT2D eigenvalue weighted by Gasteiger charge is -2.51. The van der Waals surface area contributed by atoms with Gasteiger partial charge >= 0.3 is 23.9 Å². The molecule has 16 heteroatoms. The molecule has 4 aromatic carbocycles. The molecule has 558 valence electrons. The van der Waals surface area contributed by atoms with Gasteiger partial charge in [-0.2, -0.15) is 0 Å². The summed E-state index contributed by atoms with van der Waals surface area (Å²) in [7, 11) is 0. The van der Waals surface area contributed by atoms with Gasteiger partial charge in [0.25, 0.3) is 0 Å². The second-order valence-electron chi connectivity index (χ2n) is 34.2. The van der Waals surface area contributed by atoms with Crippen molar-refractivity contribution in [3.05, 3.63) is 115 Å². The Morgan fingerprint density at radius 2 is 0.500 bits per heavy atom. The highest BCUT2D eigenvalue weighted by molar-refractivity contribution is 5.69. The molecular weight excluding hydrogens is 1240 g/mol. The normalized spacial score (nSPS) is 13.4. The van der Waals surface area contributed by atoms with Gasteiger partial charge in [-0.05, 0) is 169 Å². The summed E-state index contributed by atoms with van der Waals surface area (Å²) in [6.45, 7) is 59.8. The van der Waals surface area contributed by atoms with E-state index in [-0.39, 0.29) is 75.6 Å². The predicted molar refractivity (Wildman–Crippen MR) is 399 cm³/mol. The Kier molecular flexibility index (Phi) is 34.6. The molecule has 0 amide bonds. The molecule has 0 unspecified atom stereocenters. The van der Waals surface area contributed by atoms with Crippen LogP contribution in [0.15, 0.2) is 48.5 Å². The summed E-state index contributed by atoms with van der Waals surface area (Å²) in [5.74, 6) is -1.85. The number of hydrogen-bond acceptors (Lipinski definition) is 12. The van der Waals surface area contributed by atoms with E-state index in [0.29, 0.717) is 68.3 Å². The zero-order valence-corrected chi connectivity index (χ0v) is 66.0. The summed E-state index contributed by atoms with van der Waals surface area (Å²) >= 11 is 0. The summed E-state index contributed by atoms with van der Waals surface area (Å²) in [5.41, 5.74) is 8.10. The molecule has 0 spiro atoms. The van der Waals surface area contributed by atoms with E-state index in [9.17, 15) is 49.8 Å². The maximum Gasteiger partial charge on any atom is 0.303 e. The van der Waals surface area contributed by atoms with E-state index in [1.807, 2.05) is 83.1 Å². The van der Waals surface area contributed by atoms with Crippen LogP contribution in [0.2, 0.25) is 0 Å². The minimum absolute atomic E-state index is 0.109. The molecule has 2 atom stereocenters. The molecule has 98 heavy (non-hydrogen) atoms. The number of carbonyl (C=O) groups is 4. The Balaban J connectivity index is 0.00000120. The maximum atomic E-state index is 10.8. The van der Waals surface area contributed by atoms with Crippen molar-refractivity contribution in [2.24, 2.45) is 0 Å². The van der Waals surface area contributed by atoms with Crippen molar-refractivity contribution in [3.8, 4) is 23.0 Å². The summed E-state index contributed by atoms with van der Waals surface area (Å²) in [5, 5.41) is 97.2. The number of aliphatic hydroxyl groups excluding tert-OH is 2. The predicted octanol–water partition coefficient (Wildman–Crippen LogP) is 18.1. The van der Waals surface area contributed by atoms with Gasteiger partial charge in [0.05, 0.1) is 12.2 Å². The lowest BCUT2D eigenvalue weighted by Crippen LogP contribution is -2.64. The molecule has 0 heterocycles. The Hall–Kier alpha value is -6.20. The number of hydrogen-bond donors (Lipinski definition) is 10. The van der Waals surface area contributed by atoms with Crippen LogP contribution in [0.1, 0.15) is 312 Å². The highest BCUT2D eigenvalue weighted by Gasteiger charge is 2.54.